The smallest absolute Gasteiger partial charge is 0.0127 e. The molecular weight excluding hydrogens is 84.1 g/mol. The van der Waals surface area contributed by atoms with Gasteiger partial charge in [0.15, 0.2) is 0 Å². The van der Waals surface area contributed by atoms with E-state index in [1.54, 1.807) is 0 Å². The van der Waals surface area contributed by atoms with Crippen LogP contribution in [0.1, 0.15) is 12.8 Å². The van der Waals surface area contributed by atoms with E-state index in [4.69, 9.17) is 6.42 Å². The van der Waals surface area contributed by atoms with Crippen LogP contribution in [0, 0.1) is 12.3 Å². The molecule has 0 aliphatic rings. The van der Waals surface area contributed by atoms with Crippen molar-refractivity contribution >= 4 is 0 Å². The van der Waals surface area contributed by atoms with Gasteiger partial charge in [0.2, 0.25) is 0 Å². The van der Waals surface area contributed by atoms with Gasteiger partial charge >= 0.3 is 0 Å². The van der Waals surface area contributed by atoms with Crippen LogP contribution in [0.15, 0.2) is 18.4 Å². The normalized spacial score (nSPS) is 6.14. The number of unbranched alkanes of at least 4 members (excludes halogenated alkanes) is 1. The lowest BCUT2D eigenvalue weighted by molar-refractivity contribution is 1.09. The summed E-state index contributed by atoms with van der Waals surface area (Å²) in [5.41, 5.74) is 2.63. The van der Waals surface area contributed by atoms with Crippen LogP contribution in [0.5, 0.6) is 0 Å². The van der Waals surface area contributed by atoms with E-state index in [1.807, 2.05) is 6.08 Å². The molecule has 0 saturated heterocycles. The fourth-order valence-electron chi connectivity index (χ4n) is 0.258. The molecular formula is C7H8. The number of hydrogen-bond acceptors (Lipinski definition) is 0. The standard InChI is InChI=1S/C7H8/c1-3-5-7-6-4-2/h1,6H,2,5,7H2. The minimum Gasteiger partial charge on any atom is -0.133 e. The van der Waals surface area contributed by atoms with Gasteiger partial charge in [-0.3, -0.25) is 0 Å². The zero-order valence-electron chi connectivity index (χ0n) is 4.28. The Morgan fingerprint density at radius 2 is 2.43 bits per heavy atom. The molecule has 0 aliphatic carbocycles. The zero-order valence-corrected chi connectivity index (χ0v) is 4.28. The average Bonchev–Trinajstić information content (AvgIpc) is 1.69. The molecule has 0 spiro atoms. The van der Waals surface area contributed by atoms with Crippen LogP contribution in [-0.2, 0) is 0 Å². The van der Waals surface area contributed by atoms with Gasteiger partial charge in [-0.15, -0.1) is 18.1 Å². The SMILES string of the molecule is C#CCCC=C=C. The van der Waals surface area contributed by atoms with E-state index in [-0.39, 0.29) is 0 Å². The molecule has 0 heterocycles. The first-order chi connectivity index (χ1) is 3.41. The Hall–Kier alpha value is -0.920. The van der Waals surface area contributed by atoms with Crippen LogP contribution in [0.3, 0.4) is 0 Å². The van der Waals surface area contributed by atoms with E-state index in [9.17, 15) is 0 Å². The second-order valence-electron chi connectivity index (χ2n) is 1.15. The molecule has 0 saturated carbocycles. The van der Waals surface area contributed by atoms with Gasteiger partial charge in [-0.05, 0) is 12.5 Å². The summed E-state index contributed by atoms with van der Waals surface area (Å²) in [6.07, 6.45) is 8.48. The Morgan fingerprint density at radius 1 is 1.71 bits per heavy atom. The summed E-state index contributed by atoms with van der Waals surface area (Å²) in [6.45, 7) is 3.38. The quantitative estimate of drug-likeness (QED) is 0.276. The molecule has 36 valence electrons. The van der Waals surface area contributed by atoms with E-state index in [0.717, 1.165) is 12.8 Å². The van der Waals surface area contributed by atoms with E-state index < -0.39 is 0 Å². The summed E-state index contributed by atoms with van der Waals surface area (Å²) in [5.74, 6) is 2.50. The summed E-state index contributed by atoms with van der Waals surface area (Å²) < 4.78 is 0. The molecule has 0 radical (unpaired) electrons. The Bertz CT molecular complexity index is 108. The number of allylic oxidation sites excluding steroid dienone is 1. The average molecular weight is 92.1 g/mol. The molecule has 0 heteroatoms. The Morgan fingerprint density at radius 3 is 2.86 bits per heavy atom. The minimum atomic E-state index is 0.794. The van der Waals surface area contributed by atoms with E-state index in [1.165, 1.54) is 0 Å². The second-order valence-corrected chi connectivity index (χ2v) is 1.15. The van der Waals surface area contributed by atoms with E-state index >= 15 is 0 Å². The summed E-state index contributed by atoms with van der Waals surface area (Å²) >= 11 is 0. The largest absolute Gasteiger partial charge is 0.133 e. The monoisotopic (exact) mass is 92.1 g/mol. The highest BCUT2D eigenvalue weighted by molar-refractivity contribution is 4.88. The highest BCUT2D eigenvalue weighted by Gasteiger charge is 1.68. The van der Waals surface area contributed by atoms with Gasteiger partial charge in [-0.1, -0.05) is 6.58 Å². The maximum atomic E-state index is 4.95. The highest BCUT2D eigenvalue weighted by atomic mass is 13.7. The van der Waals surface area contributed by atoms with Gasteiger partial charge in [0.1, 0.15) is 0 Å². The van der Waals surface area contributed by atoms with Gasteiger partial charge in [-0.2, -0.15) is 0 Å². The van der Waals surface area contributed by atoms with Gasteiger partial charge in [-0.25, -0.2) is 0 Å². The minimum absolute atomic E-state index is 0.794. The van der Waals surface area contributed by atoms with Crippen molar-refractivity contribution in [3.8, 4) is 12.3 Å². The summed E-state index contributed by atoms with van der Waals surface area (Å²) in [6, 6.07) is 0. The van der Waals surface area contributed by atoms with Crippen LogP contribution in [0.2, 0.25) is 0 Å². The van der Waals surface area contributed by atoms with Gasteiger partial charge < -0.3 is 0 Å². The number of terminal acetylenes is 1. The molecule has 0 fully saturated rings. The van der Waals surface area contributed by atoms with Crippen LogP contribution in [0.25, 0.3) is 0 Å². The Kier molecular flexibility index (Phi) is 4.41. The maximum Gasteiger partial charge on any atom is 0.0127 e. The van der Waals surface area contributed by atoms with Gasteiger partial charge in [0.25, 0.3) is 0 Å². The number of rotatable bonds is 2. The van der Waals surface area contributed by atoms with Crippen molar-refractivity contribution in [2.45, 2.75) is 12.8 Å². The predicted octanol–water partition coefficient (Wildman–Crippen LogP) is 1.74. The maximum absolute atomic E-state index is 4.95. The lowest BCUT2D eigenvalue weighted by Crippen LogP contribution is -1.58. The molecule has 0 aromatic carbocycles. The topological polar surface area (TPSA) is 0 Å². The van der Waals surface area contributed by atoms with Crippen LogP contribution >= 0.6 is 0 Å². The van der Waals surface area contributed by atoms with Crippen molar-refractivity contribution in [3.05, 3.63) is 18.4 Å². The van der Waals surface area contributed by atoms with E-state index in [0.29, 0.717) is 0 Å². The third-order valence-electron chi connectivity index (χ3n) is 0.577. The molecule has 0 N–H and O–H groups in total. The third kappa shape index (κ3) is 5.08. The lowest BCUT2D eigenvalue weighted by atomic mass is 10.3. The van der Waals surface area contributed by atoms with Crippen molar-refractivity contribution in [3.63, 3.8) is 0 Å². The molecule has 0 aromatic heterocycles. The molecule has 0 aromatic rings. The molecule has 0 aliphatic heterocycles. The fraction of sp³-hybridized carbons (Fsp3) is 0.286. The van der Waals surface area contributed by atoms with Crippen molar-refractivity contribution < 1.29 is 0 Å². The van der Waals surface area contributed by atoms with Crippen LogP contribution < -0.4 is 0 Å². The number of hydrogen-bond donors (Lipinski definition) is 0. The molecule has 0 atom stereocenters. The summed E-state index contributed by atoms with van der Waals surface area (Å²) in [5, 5.41) is 0. The van der Waals surface area contributed by atoms with Crippen molar-refractivity contribution in [2.75, 3.05) is 0 Å². The van der Waals surface area contributed by atoms with Gasteiger partial charge in [0, 0.05) is 6.42 Å². The van der Waals surface area contributed by atoms with Crippen molar-refractivity contribution in [1.82, 2.24) is 0 Å². The predicted molar refractivity (Wildman–Crippen MR) is 31.8 cm³/mol. The molecule has 0 rings (SSSR count). The fourth-order valence-corrected chi connectivity index (χ4v) is 0.258. The highest BCUT2D eigenvalue weighted by Crippen LogP contribution is 1.83. The Balaban J connectivity index is 3.03. The molecule has 0 amide bonds. The molecule has 0 unspecified atom stereocenters. The Labute approximate surface area is 44.5 Å². The molecule has 7 heavy (non-hydrogen) atoms. The summed E-state index contributed by atoms with van der Waals surface area (Å²) in [7, 11) is 0. The first-order valence-electron chi connectivity index (χ1n) is 2.19. The molecule has 0 nitrogen and oxygen atoms in total. The van der Waals surface area contributed by atoms with Gasteiger partial charge in [0.05, 0.1) is 0 Å². The van der Waals surface area contributed by atoms with Crippen molar-refractivity contribution in [1.29, 1.82) is 0 Å². The zero-order chi connectivity index (χ0) is 5.54. The first-order valence-corrected chi connectivity index (χ1v) is 2.19. The first kappa shape index (κ1) is 6.08. The lowest BCUT2D eigenvalue weighted by Gasteiger charge is -1.73. The van der Waals surface area contributed by atoms with Crippen molar-refractivity contribution in [2.24, 2.45) is 0 Å². The summed E-state index contributed by atoms with van der Waals surface area (Å²) in [4.78, 5) is 0. The molecule has 0 bridgehead atoms. The third-order valence-corrected chi connectivity index (χ3v) is 0.577. The van der Waals surface area contributed by atoms with Crippen LogP contribution in [0.4, 0.5) is 0 Å². The van der Waals surface area contributed by atoms with Crippen LogP contribution in [-0.4, -0.2) is 0 Å². The van der Waals surface area contributed by atoms with E-state index in [2.05, 4.69) is 18.2 Å². The second kappa shape index (κ2) is 5.08.